The number of carbonyl (C=O) groups excluding carboxylic acids is 1. The van der Waals surface area contributed by atoms with Gasteiger partial charge in [-0.15, -0.1) is 0 Å². The van der Waals surface area contributed by atoms with Crippen LogP contribution in [0.25, 0.3) is 0 Å². The van der Waals surface area contributed by atoms with Gasteiger partial charge in [-0.1, -0.05) is 41.4 Å². The lowest BCUT2D eigenvalue weighted by molar-refractivity contribution is -0.120. The molecule has 1 amide bonds. The lowest BCUT2D eigenvalue weighted by atomic mass is 10.1. The van der Waals surface area contributed by atoms with E-state index in [0.29, 0.717) is 21.2 Å². The SMILES string of the molecule is O=C(Cc1ccc(Cl)cc1Cl)NCC(O)c1ccc(F)cc1. The molecule has 0 aliphatic rings. The smallest absolute Gasteiger partial charge is 0.224 e. The van der Waals surface area contributed by atoms with Gasteiger partial charge in [0.1, 0.15) is 5.82 Å². The van der Waals surface area contributed by atoms with Gasteiger partial charge in [0.25, 0.3) is 0 Å². The highest BCUT2D eigenvalue weighted by molar-refractivity contribution is 6.35. The summed E-state index contributed by atoms with van der Waals surface area (Å²) in [6, 6.07) is 10.4. The first-order valence-electron chi connectivity index (χ1n) is 6.60. The zero-order valence-corrected chi connectivity index (χ0v) is 13.0. The van der Waals surface area contributed by atoms with Crippen LogP contribution in [0, 0.1) is 5.82 Å². The first kappa shape index (κ1) is 16.7. The second kappa shape index (κ2) is 7.58. The Morgan fingerprint density at radius 1 is 1.18 bits per heavy atom. The second-order valence-electron chi connectivity index (χ2n) is 4.78. The molecular formula is C16H14Cl2FNO2. The first-order valence-corrected chi connectivity index (χ1v) is 7.35. The number of carbonyl (C=O) groups is 1. The molecule has 0 aromatic heterocycles. The van der Waals surface area contributed by atoms with E-state index in [1.54, 1.807) is 18.2 Å². The predicted molar refractivity (Wildman–Crippen MR) is 84.5 cm³/mol. The molecule has 0 fully saturated rings. The Hall–Kier alpha value is -1.62. The molecule has 3 nitrogen and oxygen atoms in total. The molecule has 2 N–H and O–H groups in total. The van der Waals surface area contributed by atoms with Crippen molar-refractivity contribution in [3.63, 3.8) is 0 Å². The number of hydrogen-bond acceptors (Lipinski definition) is 2. The number of rotatable bonds is 5. The summed E-state index contributed by atoms with van der Waals surface area (Å²) in [5.74, 6) is -0.650. The van der Waals surface area contributed by atoms with E-state index in [-0.39, 0.29) is 24.7 Å². The molecule has 22 heavy (non-hydrogen) atoms. The molecule has 0 saturated carbocycles. The lowest BCUT2D eigenvalue weighted by Crippen LogP contribution is -2.29. The van der Waals surface area contributed by atoms with Crippen LogP contribution in [0.15, 0.2) is 42.5 Å². The van der Waals surface area contributed by atoms with Crippen LogP contribution in [0.2, 0.25) is 10.0 Å². The number of halogens is 3. The quantitative estimate of drug-likeness (QED) is 0.873. The van der Waals surface area contributed by atoms with E-state index in [1.165, 1.54) is 24.3 Å². The van der Waals surface area contributed by atoms with E-state index in [1.807, 2.05) is 0 Å². The van der Waals surface area contributed by atoms with Crippen LogP contribution in [0.4, 0.5) is 4.39 Å². The highest BCUT2D eigenvalue weighted by Gasteiger charge is 2.11. The number of aliphatic hydroxyl groups excluding tert-OH is 1. The fourth-order valence-corrected chi connectivity index (χ4v) is 2.39. The zero-order valence-electron chi connectivity index (χ0n) is 11.5. The van der Waals surface area contributed by atoms with Crippen molar-refractivity contribution in [1.82, 2.24) is 5.32 Å². The van der Waals surface area contributed by atoms with Crippen molar-refractivity contribution in [1.29, 1.82) is 0 Å². The summed E-state index contributed by atoms with van der Waals surface area (Å²) >= 11 is 11.8. The maximum absolute atomic E-state index is 12.8. The molecule has 6 heteroatoms. The normalized spacial score (nSPS) is 12.0. The average molecular weight is 342 g/mol. The zero-order chi connectivity index (χ0) is 16.1. The van der Waals surface area contributed by atoms with E-state index >= 15 is 0 Å². The molecule has 2 rings (SSSR count). The van der Waals surface area contributed by atoms with Gasteiger partial charge in [0.15, 0.2) is 0 Å². The van der Waals surface area contributed by atoms with Crippen LogP contribution < -0.4 is 5.32 Å². The van der Waals surface area contributed by atoms with E-state index in [4.69, 9.17) is 23.2 Å². The van der Waals surface area contributed by atoms with Crippen molar-refractivity contribution in [3.05, 3.63) is 69.5 Å². The fourth-order valence-electron chi connectivity index (χ4n) is 1.91. The van der Waals surface area contributed by atoms with Gasteiger partial charge < -0.3 is 10.4 Å². The Morgan fingerprint density at radius 2 is 1.86 bits per heavy atom. The van der Waals surface area contributed by atoms with E-state index in [0.717, 1.165) is 0 Å². The maximum Gasteiger partial charge on any atom is 0.224 e. The minimum absolute atomic E-state index is 0.0374. The van der Waals surface area contributed by atoms with Crippen molar-refractivity contribution in [2.24, 2.45) is 0 Å². The minimum Gasteiger partial charge on any atom is -0.387 e. The summed E-state index contributed by atoms with van der Waals surface area (Å²) in [6.07, 6.45) is -0.809. The molecule has 116 valence electrons. The van der Waals surface area contributed by atoms with Crippen LogP contribution in [0.5, 0.6) is 0 Å². The number of hydrogen-bond donors (Lipinski definition) is 2. The molecule has 1 atom stereocenters. The molecule has 0 aliphatic carbocycles. The Balaban J connectivity index is 1.88. The maximum atomic E-state index is 12.8. The Morgan fingerprint density at radius 3 is 2.50 bits per heavy atom. The largest absolute Gasteiger partial charge is 0.387 e. The van der Waals surface area contributed by atoms with E-state index in [9.17, 15) is 14.3 Å². The monoisotopic (exact) mass is 341 g/mol. The van der Waals surface area contributed by atoms with E-state index in [2.05, 4.69) is 5.32 Å². The summed E-state index contributed by atoms with van der Waals surface area (Å²) in [5, 5.41) is 13.5. The van der Waals surface area contributed by atoms with Gasteiger partial charge in [-0.25, -0.2) is 4.39 Å². The number of benzene rings is 2. The number of aliphatic hydroxyl groups is 1. The molecule has 0 spiro atoms. The summed E-state index contributed by atoms with van der Waals surface area (Å²) in [4.78, 5) is 11.9. The van der Waals surface area contributed by atoms with Crippen LogP contribution in [-0.2, 0) is 11.2 Å². The summed E-state index contributed by atoms with van der Waals surface area (Å²) in [6.45, 7) is 0.0374. The van der Waals surface area contributed by atoms with Crippen LogP contribution >= 0.6 is 23.2 Å². The molecule has 0 bridgehead atoms. The molecule has 2 aromatic rings. The fraction of sp³-hybridized carbons (Fsp3) is 0.188. The van der Waals surface area contributed by atoms with Gasteiger partial charge in [-0.3, -0.25) is 4.79 Å². The number of amides is 1. The Kier molecular flexibility index (Phi) is 5.77. The molecule has 0 saturated heterocycles. The molecular weight excluding hydrogens is 328 g/mol. The first-order chi connectivity index (χ1) is 10.5. The van der Waals surface area contributed by atoms with Crippen molar-refractivity contribution >= 4 is 29.1 Å². The van der Waals surface area contributed by atoms with Crippen molar-refractivity contribution in [2.45, 2.75) is 12.5 Å². The third-order valence-electron chi connectivity index (χ3n) is 3.11. The van der Waals surface area contributed by atoms with Gasteiger partial charge in [0.05, 0.1) is 12.5 Å². The van der Waals surface area contributed by atoms with Gasteiger partial charge in [0, 0.05) is 16.6 Å². The van der Waals surface area contributed by atoms with Gasteiger partial charge in [-0.05, 0) is 35.4 Å². The molecule has 0 aliphatic heterocycles. The molecule has 1 unspecified atom stereocenters. The third kappa shape index (κ3) is 4.70. The van der Waals surface area contributed by atoms with Crippen LogP contribution in [0.1, 0.15) is 17.2 Å². The predicted octanol–water partition coefficient (Wildman–Crippen LogP) is 3.52. The van der Waals surface area contributed by atoms with E-state index < -0.39 is 6.10 Å². The van der Waals surface area contributed by atoms with Crippen molar-refractivity contribution in [3.8, 4) is 0 Å². The van der Waals surface area contributed by atoms with Crippen molar-refractivity contribution < 1.29 is 14.3 Å². The highest BCUT2D eigenvalue weighted by atomic mass is 35.5. The topological polar surface area (TPSA) is 49.3 Å². The molecule has 0 radical (unpaired) electrons. The van der Waals surface area contributed by atoms with Crippen molar-refractivity contribution in [2.75, 3.05) is 6.54 Å². The van der Waals surface area contributed by atoms with Crippen LogP contribution in [0.3, 0.4) is 0 Å². The Bertz CT molecular complexity index is 662. The average Bonchev–Trinajstić information content (AvgIpc) is 2.48. The van der Waals surface area contributed by atoms with Gasteiger partial charge in [0.2, 0.25) is 5.91 Å². The summed E-state index contributed by atoms with van der Waals surface area (Å²) in [7, 11) is 0. The standard InChI is InChI=1S/C16H14Cl2FNO2/c17-12-4-1-11(14(18)8-12)7-16(22)20-9-15(21)10-2-5-13(19)6-3-10/h1-6,8,15,21H,7,9H2,(H,20,22). The summed E-state index contributed by atoms with van der Waals surface area (Å²) < 4.78 is 12.8. The second-order valence-corrected chi connectivity index (χ2v) is 5.63. The van der Waals surface area contributed by atoms with Crippen LogP contribution in [-0.4, -0.2) is 17.6 Å². The highest BCUT2D eigenvalue weighted by Crippen LogP contribution is 2.21. The Labute approximate surface area is 137 Å². The molecule has 0 heterocycles. The third-order valence-corrected chi connectivity index (χ3v) is 3.70. The lowest BCUT2D eigenvalue weighted by Gasteiger charge is -2.12. The number of nitrogens with one attached hydrogen (secondary N) is 1. The van der Waals surface area contributed by atoms with Gasteiger partial charge >= 0.3 is 0 Å². The molecule has 2 aromatic carbocycles. The van der Waals surface area contributed by atoms with Gasteiger partial charge in [-0.2, -0.15) is 0 Å². The summed E-state index contributed by atoms with van der Waals surface area (Å²) in [5.41, 5.74) is 1.19. The minimum atomic E-state index is -0.898.